The molecular formula is C21H18N4O3S. The highest BCUT2D eigenvalue weighted by atomic mass is 32.1. The fourth-order valence-electron chi connectivity index (χ4n) is 2.87. The number of hydrogen-bond donors (Lipinski definition) is 3. The first kappa shape index (κ1) is 18.7. The zero-order valence-corrected chi connectivity index (χ0v) is 16.3. The minimum absolute atomic E-state index is 0.0829. The zero-order chi connectivity index (χ0) is 20.2. The number of phenols is 1. The van der Waals surface area contributed by atoms with Crippen molar-refractivity contribution in [2.45, 2.75) is 6.92 Å². The monoisotopic (exact) mass is 406 g/mol. The molecule has 0 fully saturated rings. The average molecular weight is 406 g/mol. The molecular weight excluding hydrogens is 388 g/mol. The van der Waals surface area contributed by atoms with Crippen LogP contribution in [-0.2, 0) is 0 Å². The number of fused-ring (bicyclic) bond motifs is 1. The summed E-state index contributed by atoms with van der Waals surface area (Å²) < 4.78 is 6.38. The molecule has 0 aliphatic heterocycles. The highest BCUT2D eigenvalue weighted by Crippen LogP contribution is 2.47. The molecule has 0 unspecified atom stereocenters. The summed E-state index contributed by atoms with van der Waals surface area (Å²) in [6.07, 6.45) is 2.95. The average Bonchev–Trinajstić information content (AvgIpc) is 3.06. The molecule has 29 heavy (non-hydrogen) atoms. The Morgan fingerprint density at radius 2 is 2.00 bits per heavy atom. The maximum Gasteiger partial charge on any atom is 0.167 e. The molecule has 0 bridgehead atoms. The number of benzene rings is 2. The van der Waals surface area contributed by atoms with E-state index in [1.165, 1.54) is 17.7 Å². The quantitative estimate of drug-likeness (QED) is 0.319. The van der Waals surface area contributed by atoms with Crippen molar-refractivity contribution in [3.8, 4) is 27.7 Å². The number of hydrogen-bond acceptors (Lipinski definition) is 8. The predicted molar refractivity (Wildman–Crippen MR) is 115 cm³/mol. The van der Waals surface area contributed by atoms with E-state index >= 15 is 0 Å². The Kier molecular flexibility index (Phi) is 5.26. The van der Waals surface area contributed by atoms with Crippen molar-refractivity contribution in [1.29, 1.82) is 0 Å². The summed E-state index contributed by atoms with van der Waals surface area (Å²) in [5, 5.41) is 24.5. The Balaban J connectivity index is 1.70. The Hall–Kier alpha value is -3.65. The van der Waals surface area contributed by atoms with Crippen molar-refractivity contribution >= 4 is 33.6 Å². The lowest BCUT2D eigenvalue weighted by atomic mass is 10.1. The van der Waals surface area contributed by atoms with Crippen LogP contribution in [0.5, 0.6) is 17.2 Å². The van der Waals surface area contributed by atoms with Crippen LogP contribution in [0.1, 0.15) is 12.5 Å². The second-order valence-electron chi connectivity index (χ2n) is 6.07. The third-order valence-corrected chi connectivity index (χ3v) is 5.34. The lowest BCUT2D eigenvalue weighted by Crippen LogP contribution is -1.94. The number of phenolic OH excluding ortho intramolecular Hbond substituents is 1. The molecule has 4 aromatic rings. The second-order valence-corrected chi connectivity index (χ2v) is 7.09. The van der Waals surface area contributed by atoms with Gasteiger partial charge < -0.3 is 14.9 Å². The van der Waals surface area contributed by atoms with Gasteiger partial charge in [0.2, 0.25) is 0 Å². The third kappa shape index (κ3) is 3.83. The fraction of sp³-hybridized carbons (Fsp3) is 0.0952. The van der Waals surface area contributed by atoms with Crippen LogP contribution in [0.4, 0.5) is 5.82 Å². The van der Waals surface area contributed by atoms with Crippen LogP contribution in [0.2, 0.25) is 0 Å². The normalized spacial score (nSPS) is 11.2. The smallest absolute Gasteiger partial charge is 0.167 e. The van der Waals surface area contributed by atoms with E-state index in [9.17, 15) is 10.2 Å². The third-order valence-electron chi connectivity index (χ3n) is 4.13. The molecule has 146 valence electrons. The Labute approximate surface area is 171 Å². The van der Waals surface area contributed by atoms with Gasteiger partial charge in [0.1, 0.15) is 28.0 Å². The fourth-order valence-corrected chi connectivity index (χ4v) is 3.99. The predicted octanol–water partition coefficient (Wildman–Crippen LogP) is 4.61. The number of nitrogens with zero attached hydrogens (tertiary/aromatic N) is 3. The first-order valence-corrected chi connectivity index (χ1v) is 9.75. The zero-order valence-electron chi connectivity index (χ0n) is 15.5. The summed E-state index contributed by atoms with van der Waals surface area (Å²) in [4.78, 5) is 9.13. The van der Waals surface area contributed by atoms with Crippen molar-refractivity contribution in [3.05, 3.63) is 60.4 Å². The number of anilines is 1. The van der Waals surface area contributed by atoms with Crippen molar-refractivity contribution < 1.29 is 14.9 Å². The largest absolute Gasteiger partial charge is 0.508 e. The number of ether oxygens (including phenoxy) is 1. The van der Waals surface area contributed by atoms with E-state index in [0.717, 1.165) is 11.1 Å². The van der Waals surface area contributed by atoms with E-state index < -0.39 is 0 Å². The summed E-state index contributed by atoms with van der Waals surface area (Å²) in [5.74, 6) is 1.42. The molecule has 8 heteroatoms. The van der Waals surface area contributed by atoms with Gasteiger partial charge in [0.15, 0.2) is 11.6 Å². The number of thiophene rings is 1. The number of aromatic hydroxyl groups is 2. The molecule has 0 aliphatic rings. The molecule has 2 aromatic heterocycles. The maximum atomic E-state index is 10.8. The summed E-state index contributed by atoms with van der Waals surface area (Å²) in [5.41, 5.74) is 4.87. The van der Waals surface area contributed by atoms with Crippen molar-refractivity contribution in [1.82, 2.24) is 9.97 Å². The van der Waals surface area contributed by atoms with Gasteiger partial charge in [-0.1, -0.05) is 24.3 Å². The molecule has 0 amide bonds. The summed E-state index contributed by atoms with van der Waals surface area (Å²) in [6.45, 7) is 2.44. The van der Waals surface area contributed by atoms with Crippen LogP contribution in [0.25, 0.3) is 20.7 Å². The lowest BCUT2D eigenvalue weighted by Gasteiger charge is -2.08. The van der Waals surface area contributed by atoms with Crippen LogP contribution in [0.15, 0.2) is 60.0 Å². The molecule has 0 atom stereocenters. The second kappa shape index (κ2) is 8.15. The lowest BCUT2D eigenvalue weighted by molar-refractivity contribution is 0.341. The van der Waals surface area contributed by atoms with Gasteiger partial charge in [-0.25, -0.2) is 9.97 Å². The van der Waals surface area contributed by atoms with Gasteiger partial charge in [0.05, 0.1) is 17.7 Å². The van der Waals surface area contributed by atoms with Crippen LogP contribution >= 0.6 is 11.3 Å². The van der Waals surface area contributed by atoms with E-state index in [-0.39, 0.29) is 11.5 Å². The first-order valence-electron chi connectivity index (χ1n) is 8.94. The van der Waals surface area contributed by atoms with E-state index in [0.29, 0.717) is 33.3 Å². The van der Waals surface area contributed by atoms with Gasteiger partial charge in [-0.3, -0.25) is 5.43 Å². The Morgan fingerprint density at radius 1 is 1.14 bits per heavy atom. The maximum absolute atomic E-state index is 10.8. The molecule has 2 heterocycles. The van der Waals surface area contributed by atoms with Gasteiger partial charge in [-0.05, 0) is 36.8 Å². The van der Waals surface area contributed by atoms with Gasteiger partial charge in [0, 0.05) is 5.56 Å². The number of para-hydroxylation sites is 1. The Morgan fingerprint density at radius 3 is 2.83 bits per heavy atom. The van der Waals surface area contributed by atoms with Crippen LogP contribution in [0.3, 0.4) is 0 Å². The number of hydrazone groups is 1. The van der Waals surface area contributed by atoms with Gasteiger partial charge in [-0.2, -0.15) is 5.10 Å². The highest BCUT2D eigenvalue weighted by Gasteiger charge is 2.19. The topological polar surface area (TPSA) is 99.9 Å². The molecule has 0 saturated carbocycles. The van der Waals surface area contributed by atoms with E-state index in [4.69, 9.17) is 4.74 Å². The van der Waals surface area contributed by atoms with E-state index in [1.807, 2.05) is 37.3 Å². The minimum Gasteiger partial charge on any atom is -0.508 e. The molecule has 0 aliphatic carbocycles. The first-order chi connectivity index (χ1) is 14.2. The van der Waals surface area contributed by atoms with Gasteiger partial charge >= 0.3 is 0 Å². The van der Waals surface area contributed by atoms with Crippen LogP contribution < -0.4 is 10.2 Å². The standard InChI is InChI=1S/C21H18N4O3S/c1-2-28-16-9-4-3-8-15(16)19-18(27)17-20(29-19)21(23-12-22-17)25-24-11-13-6-5-7-14(26)10-13/h3-12,26-27H,2H2,1H3,(H,22,23,25). The summed E-state index contributed by atoms with van der Waals surface area (Å²) in [7, 11) is 0. The molecule has 2 aromatic carbocycles. The molecule has 0 spiro atoms. The molecule has 4 rings (SSSR count). The van der Waals surface area contributed by atoms with Crippen molar-refractivity contribution in [3.63, 3.8) is 0 Å². The van der Waals surface area contributed by atoms with E-state index in [2.05, 4.69) is 20.5 Å². The molecule has 0 radical (unpaired) electrons. The van der Waals surface area contributed by atoms with Gasteiger partial charge in [-0.15, -0.1) is 11.3 Å². The van der Waals surface area contributed by atoms with Crippen molar-refractivity contribution in [2.75, 3.05) is 12.0 Å². The van der Waals surface area contributed by atoms with Crippen molar-refractivity contribution in [2.24, 2.45) is 5.10 Å². The number of aromatic nitrogens is 2. The van der Waals surface area contributed by atoms with Crippen LogP contribution in [0, 0.1) is 0 Å². The Bertz CT molecular complexity index is 1190. The highest BCUT2D eigenvalue weighted by molar-refractivity contribution is 7.23. The van der Waals surface area contributed by atoms with Gasteiger partial charge in [0.25, 0.3) is 0 Å². The molecule has 0 saturated heterocycles. The molecule has 3 N–H and O–H groups in total. The minimum atomic E-state index is 0.0829. The number of rotatable bonds is 6. The van der Waals surface area contributed by atoms with E-state index in [1.54, 1.807) is 24.4 Å². The van der Waals surface area contributed by atoms with Crippen LogP contribution in [-0.4, -0.2) is 33.0 Å². The summed E-state index contributed by atoms with van der Waals surface area (Å²) in [6, 6.07) is 14.3. The SMILES string of the molecule is CCOc1ccccc1-c1sc2c(NN=Cc3cccc(O)c3)ncnc2c1O. The number of nitrogens with one attached hydrogen (secondary N) is 1. The molecule has 7 nitrogen and oxygen atoms in total. The summed E-state index contributed by atoms with van der Waals surface area (Å²) >= 11 is 1.36.